The van der Waals surface area contributed by atoms with Crippen LogP contribution in [0.1, 0.15) is 72.1 Å². The van der Waals surface area contributed by atoms with Crippen molar-refractivity contribution in [3.63, 3.8) is 0 Å². The van der Waals surface area contributed by atoms with Crippen molar-refractivity contribution in [1.82, 2.24) is 0 Å². The van der Waals surface area contributed by atoms with Crippen LogP contribution in [0.5, 0.6) is 0 Å². The van der Waals surface area contributed by atoms with Crippen molar-refractivity contribution < 1.29 is 9.47 Å². The third-order valence-electron chi connectivity index (χ3n) is 5.12. The standard InChI is InChI=1S/C9H13O2.3C4H9.Sn/c1-10-7-4-6-9-5-2-3-8-11-9;3*1-3-4-2;/h3-4,6,8-9H,1-2,5,7H2;3*1,3-4H2,2H3;/b6-4-;;;;. The summed E-state index contributed by atoms with van der Waals surface area (Å²) in [7, 11) is 0. The van der Waals surface area contributed by atoms with Gasteiger partial charge in [0.2, 0.25) is 0 Å². The van der Waals surface area contributed by atoms with Crippen LogP contribution in [-0.4, -0.2) is 35.7 Å². The Morgan fingerprint density at radius 2 is 1.67 bits per heavy atom. The topological polar surface area (TPSA) is 18.5 Å². The summed E-state index contributed by atoms with van der Waals surface area (Å²) in [6.45, 7) is 7.77. The molecule has 1 unspecified atom stereocenters. The number of hydrogen-bond acceptors (Lipinski definition) is 2. The summed E-state index contributed by atoms with van der Waals surface area (Å²) in [5, 5.41) is 0. The van der Waals surface area contributed by atoms with E-state index in [1.54, 1.807) is 0 Å². The summed E-state index contributed by atoms with van der Waals surface area (Å²) in [4.78, 5) is 0. The van der Waals surface area contributed by atoms with E-state index in [-0.39, 0.29) is 6.10 Å². The van der Waals surface area contributed by atoms with Crippen molar-refractivity contribution >= 4 is 18.4 Å². The first-order valence-corrected chi connectivity index (χ1v) is 18.4. The molecule has 0 saturated carbocycles. The van der Waals surface area contributed by atoms with Crippen LogP contribution >= 0.6 is 0 Å². The molecule has 2 nitrogen and oxygen atoms in total. The molecule has 0 aromatic rings. The van der Waals surface area contributed by atoms with E-state index in [2.05, 4.69) is 39.0 Å². The van der Waals surface area contributed by atoms with Gasteiger partial charge in [-0.05, 0) is 0 Å². The molecule has 0 fully saturated rings. The van der Waals surface area contributed by atoms with Crippen molar-refractivity contribution in [3.8, 4) is 0 Å². The molecule has 0 N–H and O–H groups in total. The van der Waals surface area contributed by atoms with Gasteiger partial charge in [-0.25, -0.2) is 0 Å². The Balaban J connectivity index is 2.45. The van der Waals surface area contributed by atoms with E-state index < -0.39 is 18.4 Å². The van der Waals surface area contributed by atoms with Gasteiger partial charge >= 0.3 is 155 Å². The van der Waals surface area contributed by atoms with E-state index in [0.29, 0.717) is 0 Å². The van der Waals surface area contributed by atoms with Gasteiger partial charge in [0.15, 0.2) is 0 Å². The van der Waals surface area contributed by atoms with Crippen LogP contribution in [0.2, 0.25) is 13.3 Å². The monoisotopic (exact) mass is 444 g/mol. The third kappa shape index (κ3) is 9.50. The van der Waals surface area contributed by atoms with Gasteiger partial charge in [0, 0.05) is 0 Å². The summed E-state index contributed by atoms with van der Waals surface area (Å²) in [6, 6.07) is 0. The number of allylic oxidation sites excluding steroid dienone is 1. The molecule has 0 aromatic heterocycles. The van der Waals surface area contributed by atoms with E-state index >= 15 is 0 Å². The second kappa shape index (κ2) is 14.2. The zero-order valence-corrected chi connectivity index (χ0v) is 19.2. The molecule has 1 aliphatic rings. The van der Waals surface area contributed by atoms with Crippen LogP contribution in [0.25, 0.3) is 0 Å². The second-order valence-electron chi connectivity index (χ2n) is 7.38. The molecule has 1 atom stereocenters. The summed E-state index contributed by atoms with van der Waals surface area (Å²) in [5.41, 5.74) is 0. The van der Waals surface area contributed by atoms with Gasteiger partial charge in [0.1, 0.15) is 0 Å². The average Bonchev–Trinajstić information content (AvgIpc) is 2.63. The molecule has 0 aliphatic carbocycles. The van der Waals surface area contributed by atoms with Crippen molar-refractivity contribution in [2.45, 2.75) is 91.6 Å². The molecule has 0 saturated heterocycles. The van der Waals surface area contributed by atoms with Crippen molar-refractivity contribution in [3.05, 3.63) is 24.5 Å². The Bertz CT molecular complexity index is 330. The van der Waals surface area contributed by atoms with E-state index in [1.807, 2.05) is 6.26 Å². The summed E-state index contributed by atoms with van der Waals surface area (Å²) >= 11 is -2.09. The molecular weight excluding hydrogens is 403 g/mol. The Hall–Kier alpha value is 0.0387. The number of ether oxygens (including phenoxy) is 2. The molecular formula is C21H40O2Sn. The van der Waals surface area contributed by atoms with Gasteiger partial charge < -0.3 is 0 Å². The van der Waals surface area contributed by atoms with Gasteiger partial charge in [0.25, 0.3) is 0 Å². The molecule has 1 rings (SSSR count). The van der Waals surface area contributed by atoms with E-state index in [1.165, 1.54) is 51.8 Å². The maximum atomic E-state index is 6.21. The summed E-state index contributed by atoms with van der Waals surface area (Å²) in [6.07, 6.45) is 19.1. The third-order valence-corrected chi connectivity index (χ3v) is 19.6. The van der Waals surface area contributed by atoms with Crippen LogP contribution in [0.4, 0.5) is 0 Å². The van der Waals surface area contributed by atoms with Gasteiger partial charge in [-0.2, -0.15) is 0 Å². The Kier molecular flexibility index (Phi) is 13.1. The molecule has 0 bridgehead atoms. The molecule has 140 valence electrons. The fraction of sp³-hybridized carbons (Fsp3) is 0.810. The Morgan fingerprint density at radius 1 is 1.04 bits per heavy atom. The normalized spacial score (nSPS) is 18.2. The fourth-order valence-corrected chi connectivity index (χ4v) is 17.9. The van der Waals surface area contributed by atoms with E-state index in [4.69, 9.17) is 9.47 Å². The first-order chi connectivity index (χ1) is 11.8. The minimum absolute atomic E-state index is 0.257. The van der Waals surface area contributed by atoms with Gasteiger partial charge in [-0.15, -0.1) is 0 Å². The van der Waals surface area contributed by atoms with Crippen molar-refractivity contribution in [1.29, 1.82) is 0 Å². The predicted octanol–water partition coefficient (Wildman–Crippen LogP) is 6.64. The number of rotatable bonds is 14. The zero-order chi connectivity index (χ0) is 17.5. The molecule has 0 amide bonds. The summed E-state index contributed by atoms with van der Waals surface area (Å²) < 4.78 is 17.5. The molecule has 3 heteroatoms. The predicted molar refractivity (Wildman–Crippen MR) is 108 cm³/mol. The Labute approximate surface area is 154 Å². The zero-order valence-electron chi connectivity index (χ0n) is 16.4. The van der Waals surface area contributed by atoms with Crippen LogP contribution in [0, 0.1) is 0 Å². The van der Waals surface area contributed by atoms with E-state index in [9.17, 15) is 0 Å². The number of hydrogen-bond donors (Lipinski definition) is 0. The van der Waals surface area contributed by atoms with Gasteiger partial charge in [-0.1, -0.05) is 0 Å². The number of unbranched alkanes of at least 4 members (excludes halogenated alkanes) is 3. The van der Waals surface area contributed by atoms with Gasteiger partial charge in [-0.3, -0.25) is 0 Å². The summed E-state index contributed by atoms with van der Waals surface area (Å²) in [5.74, 6) is 0. The first kappa shape index (κ1) is 22.1. The second-order valence-corrected chi connectivity index (χ2v) is 21.0. The van der Waals surface area contributed by atoms with Gasteiger partial charge in [0.05, 0.1) is 0 Å². The van der Waals surface area contributed by atoms with Crippen LogP contribution in [0.15, 0.2) is 24.5 Å². The molecule has 0 spiro atoms. The van der Waals surface area contributed by atoms with Crippen molar-refractivity contribution in [2.75, 3.05) is 11.2 Å². The van der Waals surface area contributed by atoms with Crippen molar-refractivity contribution in [2.24, 2.45) is 0 Å². The van der Waals surface area contributed by atoms with Crippen LogP contribution < -0.4 is 0 Å². The molecule has 0 radical (unpaired) electrons. The first-order valence-electron chi connectivity index (χ1n) is 10.3. The average molecular weight is 443 g/mol. The van der Waals surface area contributed by atoms with Crippen LogP contribution in [0.3, 0.4) is 0 Å². The molecule has 24 heavy (non-hydrogen) atoms. The minimum atomic E-state index is -2.09. The molecule has 1 aliphatic heterocycles. The fourth-order valence-electron chi connectivity index (χ4n) is 3.49. The quantitative estimate of drug-likeness (QED) is 0.170. The SMILES string of the molecule is CCC[CH2][Sn]([CH2]CCC)([CH2]CCC)[CH2]OC/C=C\C1CCC=CO1. The molecule has 0 aromatic carbocycles. The van der Waals surface area contributed by atoms with E-state index in [0.717, 1.165) is 24.1 Å². The van der Waals surface area contributed by atoms with Crippen LogP contribution in [-0.2, 0) is 9.47 Å². The Morgan fingerprint density at radius 3 is 2.17 bits per heavy atom. The maximum absolute atomic E-state index is 6.21. The molecule has 1 heterocycles.